The Labute approximate surface area is 95.9 Å². The summed E-state index contributed by atoms with van der Waals surface area (Å²) in [7, 11) is 0. The Morgan fingerprint density at radius 2 is 2.00 bits per heavy atom. The Kier molecular flexibility index (Phi) is 2.96. The summed E-state index contributed by atoms with van der Waals surface area (Å²) in [5.74, 6) is 0. The monoisotopic (exact) mass is 315 g/mol. The second-order valence-electron chi connectivity index (χ2n) is 2.70. The van der Waals surface area contributed by atoms with Gasteiger partial charge in [-0.05, 0) is 0 Å². The molecule has 4 heteroatoms. The van der Waals surface area contributed by atoms with Crippen LogP contribution >= 0.6 is 15.9 Å². The molecule has 0 aliphatic rings. The first-order chi connectivity index (χ1) is 6.79. The molecule has 0 atom stereocenters. The van der Waals surface area contributed by atoms with Gasteiger partial charge >= 0.3 is 96.0 Å². The van der Waals surface area contributed by atoms with E-state index in [4.69, 9.17) is 0 Å². The van der Waals surface area contributed by atoms with E-state index in [1.807, 2.05) is 29.2 Å². The first-order valence-corrected chi connectivity index (χ1v) is 6.60. The molecule has 0 bridgehead atoms. The fourth-order valence-corrected chi connectivity index (χ4v) is 2.95. The SMILES string of the molecule is O=Cc1c[se]c(-c2ccc(Br)cc2)n1. The van der Waals surface area contributed by atoms with Crippen molar-refractivity contribution in [3.63, 3.8) is 0 Å². The molecule has 2 aromatic rings. The van der Waals surface area contributed by atoms with Crippen LogP contribution in [0.2, 0.25) is 0 Å². The van der Waals surface area contributed by atoms with Crippen LogP contribution in [0, 0.1) is 0 Å². The van der Waals surface area contributed by atoms with Gasteiger partial charge in [0.15, 0.2) is 0 Å². The maximum absolute atomic E-state index is 10.5. The number of rotatable bonds is 2. The minimum absolute atomic E-state index is 0.198. The van der Waals surface area contributed by atoms with E-state index >= 15 is 0 Å². The Hall–Kier alpha value is -0.701. The quantitative estimate of drug-likeness (QED) is 0.629. The van der Waals surface area contributed by atoms with Gasteiger partial charge in [-0.15, -0.1) is 0 Å². The number of nitrogens with zero attached hydrogens (tertiary/aromatic N) is 1. The van der Waals surface area contributed by atoms with Crippen LogP contribution in [0.4, 0.5) is 0 Å². The summed E-state index contributed by atoms with van der Waals surface area (Å²) < 4.78 is 2.07. The molecule has 70 valence electrons. The van der Waals surface area contributed by atoms with E-state index in [0.717, 1.165) is 20.9 Å². The summed E-state index contributed by atoms with van der Waals surface area (Å²) in [5.41, 5.74) is 1.66. The van der Waals surface area contributed by atoms with Crippen molar-refractivity contribution >= 4 is 36.7 Å². The van der Waals surface area contributed by atoms with Crippen LogP contribution in [0.15, 0.2) is 33.7 Å². The van der Waals surface area contributed by atoms with Crippen molar-refractivity contribution in [2.75, 3.05) is 0 Å². The van der Waals surface area contributed by atoms with Gasteiger partial charge in [-0.3, -0.25) is 0 Å². The van der Waals surface area contributed by atoms with Gasteiger partial charge in [-0.25, -0.2) is 0 Å². The van der Waals surface area contributed by atoms with Crippen LogP contribution in [0.3, 0.4) is 0 Å². The Morgan fingerprint density at radius 1 is 1.29 bits per heavy atom. The molecule has 0 fully saturated rings. The third kappa shape index (κ3) is 2.03. The molecule has 0 spiro atoms. The summed E-state index contributed by atoms with van der Waals surface area (Å²) in [6.07, 6.45) is 0.799. The Morgan fingerprint density at radius 3 is 2.57 bits per heavy atom. The van der Waals surface area contributed by atoms with Crippen LogP contribution in [0.1, 0.15) is 10.5 Å². The van der Waals surface area contributed by atoms with Gasteiger partial charge in [0, 0.05) is 0 Å². The number of carbonyl (C=O) groups excluding carboxylic acids is 1. The third-order valence-corrected chi connectivity index (χ3v) is 4.17. The number of hydrogen-bond donors (Lipinski definition) is 0. The van der Waals surface area contributed by atoms with E-state index in [1.54, 1.807) is 0 Å². The third-order valence-electron chi connectivity index (χ3n) is 1.73. The van der Waals surface area contributed by atoms with E-state index in [0.29, 0.717) is 5.69 Å². The number of benzene rings is 1. The standard InChI is InChI=1S/C10H6BrNOSe/c11-8-3-1-7(2-4-8)10-12-9(5-13)6-14-10/h1-6H. The first kappa shape index (κ1) is 9.84. The molecule has 0 N–H and O–H groups in total. The van der Waals surface area contributed by atoms with E-state index in [-0.39, 0.29) is 14.5 Å². The van der Waals surface area contributed by atoms with Gasteiger partial charge in [0.05, 0.1) is 0 Å². The van der Waals surface area contributed by atoms with Crippen molar-refractivity contribution in [3.05, 3.63) is 39.4 Å². The normalized spacial score (nSPS) is 10.1. The second kappa shape index (κ2) is 4.22. The zero-order chi connectivity index (χ0) is 9.97. The van der Waals surface area contributed by atoms with Gasteiger partial charge < -0.3 is 0 Å². The Bertz CT molecular complexity index is 449. The molecule has 14 heavy (non-hydrogen) atoms. The fourth-order valence-electron chi connectivity index (χ4n) is 1.07. The second-order valence-corrected chi connectivity index (χ2v) is 5.42. The average Bonchev–Trinajstić information content (AvgIpc) is 2.67. The molecular weight excluding hydrogens is 309 g/mol. The van der Waals surface area contributed by atoms with Crippen LogP contribution in [-0.4, -0.2) is 25.8 Å². The van der Waals surface area contributed by atoms with Gasteiger partial charge in [0.25, 0.3) is 0 Å². The molecule has 1 heterocycles. The molecule has 0 radical (unpaired) electrons. The van der Waals surface area contributed by atoms with Gasteiger partial charge in [0.1, 0.15) is 0 Å². The molecular formula is C10H6BrNOSe. The van der Waals surface area contributed by atoms with E-state index < -0.39 is 0 Å². The van der Waals surface area contributed by atoms with Crippen molar-refractivity contribution in [1.82, 2.24) is 4.98 Å². The van der Waals surface area contributed by atoms with Crippen molar-refractivity contribution in [1.29, 1.82) is 0 Å². The molecule has 0 saturated heterocycles. The molecule has 0 aliphatic carbocycles. The van der Waals surface area contributed by atoms with Gasteiger partial charge in [-0.1, -0.05) is 0 Å². The summed E-state index contributed by atoms with van der Waals surface area (Å²) in [6, 6.07) is 7.97. The van der Waals surface area contributed by atoms with E-state index in [9.17, 15) is 4.79 Å². The number of halogens is 1. The fraction of sp³-hybridized carbons (Fsp3) is 0. The molecule has 0 saturated carbocycles. The molecule has 0 aliphatic heterocycles. The maximum atomic E-state index is 10.5. The van der Waals surface area contributed by atoms with Crippen molar-refractivity contribution < 1.29 is 4.79 Å². The topological polar surface area (TPSA) is 30.0 Å². The predicted octanol–water partition coefficient (Wildman–Crippen LogP) is 2.38. The van der Waals surface area contributed by atoms with E-state index in [1.165, 1.54) is 0 Å². The Balaban J connectivity index is 2.39. The molecule has 2 rings (SSSR count). The molecule has 0 unspecified atom stereocenters. The van der Waals surface area contributed by atoms with Crippen molar-refractivity contribution in [2.45, 2.75) is 0 Å². The molecule has 2 nitrogen and oxygen atoms in total. The summed E-state index contributed by atoms with van der Waals surface area (Å²) in [5, 5.41) is 0. The molecule has 1 aromatic heterocycles. The van der Waals surface area contributed by atoms with Crippen LogP contribution < -0.4 is 0 Å². The summed E-state index contributed by atoms with van der Waals surface area (Å²) in [4.78, 5) is 16.6. The number of aromatic nitrogens is 1. The van der Waals surface area contributed by atoms with Gasteiger partial charge in [-0.2, -0.15) is 0 Å². The average molecular weight is 315 g/mol. The zero-order valence-electron chi connectivity index (χ0n) is 7.11. The van der Waals surface area contributed by atoms with Crippen molar-refractivity contribution in [3.8, 4) is 10.1 Å². The summed E-state index contributed by atoms with van der Waals surface area (Å²) in [6.45, 7) is 0. The number of hydrogen-bond acceptors (Lipinski definition) is 2. The minimum atomic E-state index is 0.198. The van der Waals surface area contributed by atoms with Crippen molar-refractivity contribution in [2.24, 2.45) is 0 Å². The van der Waals surface area contributed by atoms with Gasteiger partial charge in [0.2, 0.25) is 0 Å². The van der Waals surface area contributed by atoms with Crippen LogP contribution in [0.25, 0.3) is 10.1 Å². The first-order valence-electron chi connectivity index (χ1n) is 3.96. The zero-order valence-corrected chi connectivity index (χ0v) is 10.4. The summed E-state index contributed by atoms with van der Waals surface area (Å²) >= 11 is 3.57. The predicted molar refractivity (Wildman–Crippen MR) is 59.7 cm³/mol. The van der Waals surface area contributed by atoms with Crippen LogP contribution in [0.5, 0.6) is 0 Å². The van der Waals surface area contributed by atoms with Crippen LogP contribution in [-0.2, 0) is 0 Å². The number of aldehydes is 1. The molecule has 0 amide bonds. The molecule has 1 aromatic carbocycles. The van der Waals surface area contributed by atoms with E-state index in [2.05, 4.69) is 20.9 Å². The number of carbonyl (C=O) groups is 1.